The molecule has 0 aliphatic rings. The van der Waals surface area contributed by atoms with Gasteiger partial charge in [-0.3, -0.25) is 14.8 Å². The summed E-state index contributed by atoms with van der Waals surface area (Å²) in [5.74, 6) is -0.306. The van der Waals surface area contributed by atoms with Crippen LogP contribution in [0.4, 0.5) is 0 Å². The van der Waals surface area contributed by atoms with Crippen molar-refractivity contribution in [3.8, 4) is 11.4 Å². The van der Waals surface area contributed by atoms with E-state index in [-0.39, 0.29) is 5.91 Å². The largest absolute Gasteiger partial charge is 0.272 e. The molecule has 0 radical (unpaired) electrons. The van der Waals surface area contributed by atoms with E-state index in [1.54, 1.807) is 24.7 Å². The summed E-state index contributed by atoms with van der Waals surface area (Å²) in [4.78, 5) is 26.0. The molecule has 1 amide bonds. The highest BCUT2D eigenvalue weighted by molar-refractivity contribution is 6.08. The summed E-state index contributed by atoms with van der Waals surface area (Å²) < 4.78 is 0. The van der Waals surface area contributed by atoms with Gasteiger partial charge in [-0.2, -0.15) is 5.10 Å². The third kappa shape index (κ3) is 3.61. The molecule has 0 aliphatic carbocycles. The number of amides is 1. The maximum absolute atomic E-state index is 12.9. The molecule has 0 aliphatic heterocycles. The Morgan fingerprint density at radius 2 is 1.82 bits per heavy atom. The van der Waals surface area contributed by atoms with Gasteiger partial charge in [0.1, 0.15) is 0 Å². The fraction of sp³-hybridized carbons (Fsp3) is 0.0455. The maximum Gasteiger partial charge on any atom is 0.272 e. The van der Waals surface area contributed by atoms with Crippen LogP contribution in [0.25, 0.3) is 22.3 Å². The number of rotatable bonds is 4. The molecule has 1 aromatic carbocycles. The third-order valence-corrected chi connectivity index (χ3v) is 4.29. The van der Waals surface area contributed by atoms with E-state index in [0.717, 1.165) is 16.5 Å². The van der Waals surface area contributed by atoms with Gasteiger partial charge in [-0.25, -0.2) is 10.4 Å². The lowest BCUT2D eigenvalue weighted by Gasteiger charge is -2.09. The first-order valence-corrected chi connectivity index (χ1v) is 8.78. The van der Waals surface area contributed by atoms with Crippen molar-refractivity contribution in [1.29, 1.82) is 0 Å². The summed E-state index contributed by atoms with van der Waals surface area (Å²) in [6.45, 7) is 1.82. The number of hydrogen-bond donors (Lipinski definition) is 1. The summed E-state index contributed by atoms with van der Waals surface area (Å²) in [5.41, 5.74) is 6.72. The Morgan fingerprint density at radius 3 is 2.61 bits per heavy atom. The van der Waals surface area contributed by atoms with Crippen molar-refractivity contribution < 1.29 is 4.79 Å². The fourth-order valence-corrected chi connectivity index (χ4v) is 2.84. The molecule has 0 spiro atoms. The number of hydrazone groups is 1. The lowest BCUT2D eigenvalue weighted by Crippen LogP contribution is -2.20. The molecule has 0 fully saturated rings. The van der Waals surface area contributed by atoms with Crippen LogP contribution in [0.5, 0.6) is 0 Å². The van der Waals surface area contributed by atoms with Gasteiger partial charge in [0.2, 0.25) is 0 Å². The second-order valence-corrected chi connectivity index (χ2v) is 6.17. The molecule has 0 bridgehead atoms. The Hall–Kier alpha value is -3.93. The number of nitrogens with zero attached hydrogens (tertiary/aromatic N) is 4. The highest BCUT2D eigenvalue weighted by Gasteiger charge is 2.14. The predicted molar refractivity (Wildman–Crippen MR) is 109 cm³/mol. The van der Waals surface area contributed by atoms with Gasteiger partial charge in [-0.1, -0.05) is 30.3 Å². The molecule has 4 aromatic rings. The molecule has 3 heterocycles. The standard InChI is InChI=1S/C22H17N5O/c1-15(16-7-6-11-23-14-16)26-27-22(28)18-13-21(20-10-4-5-12-24-20)25-19-9-3-2-8-17(18)19/h2-14H,1H3,(H,27,28)/b26-15-. The molecule has 6 nitrogen and oxygen atoms in total. The highest BCUT2D eigenvalue weighted by Crippen LogP contribution is 2.23. The zero-order valence-corrected chi connectivity index (χ0v) is 15.2. The van der Waals surface area contributed by atoms with Crippen LogP contribution in [0.3, 0.4) is 0 Å². The molecule has 4 rings (SSSR count). The lowest BCUT2D eigenvalue weighted by molar-refractivity contribution is 0.0956. The van der Waals surface area contributed by atoms with Crippen molar-refractivity contribution in [2.45, 2.75) is 6.92 Å². The zero-order valence-electron chi connectivity index (χ0n) is 15.2. The van der Waals surface area contributed by atoms with Crippen molar-refractivity contribution in [1.82, 2.24) is 20.4 Å². The molecule has 136 valence electrons. The van der Waals surface area contributed by atoms with E-state index in [0.29, 0.717) is 22.7 Å². The molecule has 6 heteroatoms. The van der Waals surface area contributed by atoms with Crippen molar-refractivity contribution in [3.63, 3.8) is 0 Å². The van der Waals surface area contributed by atoms with Gasteiger partial charge in [-0.05, 0) is 37.3 Å². The smallest absolute Gasteiger partial charge is 0.267 e. The first-order chi connectivity index (χ1) is 13.7. The second-order valence-electron chi connectivity index (χ2n) is 6.17. The van der Waals surface area contributed by atoms with Crippen molar-refractivity contribution in [2.24, 2.45) is 5.10 Å². The summed E-state index contributed by atoms with van der Waals surface area (Å²) in [5, 5.41) is 4.98. The zero-order chi connectivity index (χ0) is 19.3. The molecule has 0 unspecified atom stereocenters. The maximum atomic E-state index is 12.9. The summed E-state index contributed by atoms with van der Waals surface area (Å²) in [7, 11) is 0. The van der Waals surface area contributed by atoms with E-state index in [2.05, 4.69) is 25.5 Å². The SMILES string of the molecule is C/C(=N/NC(=O)c1cc(-c2ccccn2)nc2ccccc12)c1cccnc1. The number of benzene rings is 1. The van der Waals surface area contributed by atoms with Gasteiger partial charge < -0.3 is 0 Å². The number of fused-ring (bicyclic) bond motifs is 1. The highest BCUT2D eigenvalue weighted by atomic mass is 16.2. The number of aromatic nitrogens is 3. The molecule has 0 atom stereocenters. The minimum absolute atomic E-state index is 0.306. The van der Waals surface area contributed by atoms with Gasteiger partial charge in [-0.15, -0.1) is 0 Å². The number of carbonyl (C=O) groups excluding carboxylic acids is 1. The van der Waals surface area contributed by atoms with Gasteiger partial charge in [0, 0.05) is 29.5 Å². The van der Waals surface area contributed by atoms with Crippen LogP contribution in [-0.2, 0) is 0 Å². The van der Waals surface area contributed by atoms with Gasteiger partial charge in [0.15, 0.2) is 0 Å². The van der Waals surface area contributed by atoms with Crippen LogP contribution in [0, 0.1) is 0 Å². The quantitative estimate of drug-likeness (QED) is 0.439. The Bertz CT molecular complexity index is 1160. The number of nitrogens with one attached hydrogen (secondary N) is 1. The molecule has 0 saturated heterocycles. The third-order valence-electron chi connectivity index (χ3n) is 4.29. The molecular formula is C22H17N5O. The van der Waals surface area contributed by atoms with E-state index in [9.17, 15) is 4.79 Å². The van der Waals surface area contributed by atoms with E-state index in [4.69, 9.17) is 0 Å². The number of hydrogen-bond acceptors (Lipinski definition) is 5. The minimum Gasteiger partial charge on any atom is -0.267 e. The number of carbonyl (C=O) groups is 1. The van der Waals surface area contributed by atoms with Gasteiger partial charge >= 0.3 is 0 Å². The average molecular weight is 367 g/mol. The Morgan fingerprint density at radius 1 is 0.964 bits per heavy atom. The van der Waals surface area contributed by atoms with Crippen LogP contribution in [0.15, 0.2) is 84.4 Å². The molecule has 1 N–H and O–H groups in total. The van der Waals surface area contributed by atoms with Gasteiger partial charge in [0.25, 0.3) is 5.91 Å². The first kappa shape index (κ1) is 17.5. The normalized spacial score (nSPS) is 11.4. The van der Waals surface area contributed by atoms with E-state index in [1.165, 1.54) is 0 Å². The van der Waals surface area contributed by atoms with Crippen LogP contribution >= 0.6 is 0 Å². The van der Waals surface area contributed by atoms with Crippen molar-refractivity contribution in [3.05, 3.63) is 90.4 Å². The molecule has 0 saturated carbocycles. The predicted octanol–water partition coefficient (Wildman–Crippen LogP) is 3.85. The van der Waals surface area contributed by atoms with Crippen LogP contribution in [0.2, 0.25) is 0 Å². The first-order valence-electron chi connectivity index (χ1n) is 8.78. The molecule has 3 aromatic heterocycles. The monoisotopic (exact) mass is 367 g/mol. The lowest BCUT2D eigenvalue weighted by atomic mass is 10.1. The topological polar surface area (TPSA) is 80.1 Å². The van der Waals surface area contributed by atoms with Crippen LogP contribution < -0.4 is 5.43 Å². The number of para-hydroxylation sites is 1. The van der Waals surface area contributed by atoms with Crippen LogP contribution in [0.1, 0.15) is 22.8 Å². The second kappa shape index (κ2) is 7.75. The van der Waals surface area contributed by atoms with Crippen molar-refractivity contribution in [2.75, 3.05) is 0 Å². The molecule has 28 heavy (non-hydrogen) atoms. The number of pyridine rings is 3. The summed E-state index contributed by atoms with van der Waals surface area (Å²) in [6, 6.07) is 18.6. The Labute approximate surface area is 162 Å². The van der Waals surface area contributed by atoms with E-state index < -0.39 is 0 Å². The van der Waals surface area contributed by atoms with Gasteiger partial charge in [0.05, 0.1) is 28.2 Å². The Kier molecular flexibility index (Phi) is 4.84. The summed E-state index contributed by atoms with van der Waals surface area (Å²) >= 11 is 0. The van der Waals surface area contributed by atoms with E-state index in [1.807, 2.05) is 61.5 Å². The van der Waals surface area contributed by atoms with Crippen molar-refractivity contribution >= 4 is 22.5 Å². The fourth-order valence-electron chi connectivity index (χ4n) is 2.84. The van der Waals surface area contributed by atoms with E-state index >= 15 is 0 Å². The minimum atomic E-state index is -0.306. The summed E-state index contributed by atoms with van der Waals surface area (Å²) in [6.07, 6.45) is 5.09. The Balaban J connectivity index is 1.72. The van der Waals surface area contributed by atoms with Crippen LogP contribution in [-0.4, -0.2) is 26.6 Å². The molecular weight excluding hydrogens is 350 g/mol. The average Bonchev–Trinajstić information content (AvgIpc) is 2.77.